The molecule has 0 spiro atoms. The van der Waals surface area contributed by atoms with Gasteiger partial charge >= 0.3 is 0 Å². The lowest BCUT2D eigenvalue weighted by atomic mass is 10.2. The SMILES string of the molecule is CCOc1ccc(-n2c(SCC(=O)N/N=C\c3ccc(O)c(O)c3)nnc2-c2cccnc2)cc1. The fourth-order valence-corrected chi connectivity index (χ4v) is 3.84. The van der Waals surface area contributed by atoms with Gasteiger partial charge in [-0.15, -0.1) is 10.2 Å². The Morgan fingerprint density at radius 2 is 1.97 bits per heavy atom. The lowest BCUT2D eigenvalue weighted by molar-refractivity contribution is -0.118. The van der Waals surface area contributed by atoms with Crippen LogP contribution in [0.2, 0.25) is 0 Å². The molecule has 0 aliphatic heterocycles. The van der Waals surface area contributed by atoms with Gasteiger partial charge in [-0.05, 0) is 67.1 Å². The molecule has 0 atom stereocenters. The Balaban J connectivity index is 1.50. The van der Waals surface area contributed by atoms with E-state index in [4.69, 9.17) is 4.74 Å². The fraction of sp³-hybridized carbons (Fsp3) is 0.125. The second kappa shape index (κ2) is 11.2. The number of aromatic nitrogens is 4. The van der Waals surface area contributed by atoms with Crippen LogP contribution in [-0.4, -0.2) is 54.4 Å². The number of hydrogen-bond donors (Lipinski definition) is 3. The second-order valence-corrected chi connectivity index (χ2v) is 8.08. The third-order valence-electron chi connectivity index (χ3n) is 4.69. The zero-order valence-electron chi connectivity index (χ0n) is 18.7. The van der Waals surface area contributed by atoms with E-state index in [2.05, 4.69) is 25.7 Å². The van der Waals surface area contributed by atoms with Gasteiger partial charge in [0.05, 0.1) is 18.6 Å². The summed E-state index contributed by atoms with van der Waals surface area (Å²) in [5.74, 6) is 0.536. The molecule has 4 aromatic rings. The highest BCUT2D eigenvalue weighted by Crippen LogP contribution is 2.28. The number of rotatable bonds is 9. The van der Waals surface area contributed by atoms with Gasteiger partial charge in [0.2, 0.25) is 0 Å². The molecule has 2 aromatic heterocycles. The Morgan fingerprint density at radius 3 is 2.69 bits per heavy atom. The molecule has 0 radical (unpaired) electrons. The van der Waals surface area contributed by atoms with Crippen LogP contribution in [0, 0.1) is 0 Å². The lowest BCUT2D eigenvalue weighted by Crippen LogP contribution is -2.20. The predicted octanol–water partition coefficient (Wildman–Crippen LogP) is 3.38. The molecule has 4 rings (SSSR count). The topological polar surface area (TPSA) is 135 Å². The van der Waals surface area contributed by atoms with Gasteiger partial charge in [-0.2, -0.15) is 5.10 Å². The summed E-state index contributed by atoms with van der Waals surface area (Å²) in [6, 6.07) is 15.5. The number of hydrogen-bond acceptors (Lipinski definition) is 9. The van der Waals surface area contributed by atoms with Crippen LogP contribution in [0.25, 0.3) is 17.1 Å². The Hall–Kier alpha value is -4.38. The summed E-state index contributed by atoms with van der Waals surface area (Å²) in [4.78, 5) is 16.5. The molecule has 178 valence electrons. The van der Waals surface area contributed by atoms with Crippen LogP contribution in [0.5, 0.6) is 17.2 Å². The van der Waals surface area contributed by atoms with Crippen molar-refractivity contribution >= 4 is 23.9 Å². The molecule has 1 amide bonds. The number of amides is 1. The molecule has 3 N–H and O–H groups in total. The molecule has 11 heteroatoms. The normalized spacial score (nSPS) is 11.0. The van der Waals surface area contributed by atoms with Crippen LogP contribution in [0.15, 0.2) is 77.2 Å². The molecule has 0 aliphatic carbocycles. The van der Waals surface area contributed by atoms with E-state index in [0.717, 1.165) is 17.0 Å². The number of pyridine rings is 1. The Labute approximate surface area is 205 Å². The van der Waals surface area contributed by atoms with E-state index in [1.165, 1.54) is 30.1 Å². The van der Waals surface area contributed by atoms with E-state index in [0.29, 0.717) is 23.2 Å². The number of carbonyl (C=O) groups excluding carboxylic acids is 1. The molecule has 0 bridgehead atoms. The van der Waals surface area contributed by atoms with Gasteiger partial charge in [0.15, 0.2) is 22.5 Å². The molecule has 10 nitrogen and oxygen atoms in total. The molecule has 0 unspecified atom stereocenters. The second-order valence-electron chi connectivity index (χ2n) is 7.14. The van der Waals surface area contributed by atoms with Crippen LogP contribution in [0.1, 0.15) is 12.5 Å². The van der Waals surface area contributed by atoms with Gasteiger partial charge in [-0.1, -0.05) is 11.8 Å². The molecule has 0 saturated carbocycles. The maximum absolute atomic E-state index is 12.3. The van der Waals surface area contributed by atoms with E-state index >= 15 is 0 Å². The summed E-state index contributed by atoms with van der Waals surface area (Å²) < 4.78 is 7.39. The van der Waals surface area contributed by atoms with Crippen molar-refractivity contribution in [1.82, 2.24) is 25.2 Å². The summed E-state index contributed by atoms with van der Waals surface area (Å²) in [6.45, 7) is 2.49. The molecule has 0 fully saturated rings. The van der Waals surface area contributed by atoms with Gasteiger partial charge < -0.3 is 14.9 Å². The molecule has 2 aromatic carbocycles. The number of hydrazone groups is 1. The average molecular weight is 491 g/mol. The molecular formula is C24H22N6O4S. The predicted molar refractivity (Wildman–Crippen MR) is 132 cm³/mol. The number of nitrogens with zero attached hydrogens (tertiary/aromatic N) is 5. The van der Waals surface area contributed by atoms with Crippen molar-refractivity contribution in [3.63, 3.8) is 0 Å². The van der Waals surface area contributed by atoms with Crippen LogP contribution in [0.4, 0.5) is 0 Å². The molecule has 2 heterocycles. The first-order valence-electron chi connectivity index (χ1n) is 10.6. The van der Waals surface area contributed by atoms with Crippen LogP contribution < -0.4 is 10.2 Å². The zero-order valence-corrected chi connectivity index (χ0v) is 19.5. The van der Waals surface area contributed by atoms with Crippen LogP contribution >= 0.6 is 11.8 Å². The summed E-state index contributed by atoms with van der Waals surface area (Å²) >= 11 is 1.21. The van der Waals surface area contributed by atoms with E-state index in [9.17, 15) is 15.0 Å². The van der Waals surface area contributed by atoms with Crippen molar-refractivity contribution in [3.05, 3.63) is 72.6 Å². The minimum Gasteiger partial charge on any atom is -0.504 e. The smallest absolute Gasteiger partial charge is 0.250 e. The molecule has 35 heavy (non-hydrogen) atoms. The first kappa shape index (κ1) is 23.8. The number of thioether (sulfide) groups is 1. The average Bonchev–Trinajstić information content (AvgIpc) is 3.30. The third kappa shape index (κ3) is 5.95. The first-order valence-corrected chi connectivity index (χ1v) is 11.6. The zero-order chi connectivity index (χ0) is 24.6. The minimum absolute atomic E-state index is 0.0420. The van der Waals surface area contributed by atoms with Crippen molar-refractivity contribution in [3.8, 4) is 34.3 Å². The van der Waals surface area contributed by atoms with Crippen LogP contribution in [0.3, 0.4) is 0 Å². The summed E-state index contributed by atoms with van der Waals surface area (Å²) in [7, 11) is 0. The molecule has 0 aliphatic rings. The fourth-order valence-electron chi connectivity index (χ4n) is 3.10. The van der Waals surface area contributed by atoms with Crippen molar-refractivity contribution in [2.24, 2.45) is 5.10 Å². The Bertz CT molecular complexity index is 1330. The van der Waals surface area contributed by atoms with Gasteiger partial charge in [-0.3, -0.25) is 14.3 Å². The van der Waals surface area contributed by atoms with Gasteiger partial charge in [-0.25, -0.2) is 5.43 Å². The number of ether oxygens (including phenoxy) is 1. The maximum atomic E-state index is 12.3. The number of phenols is 2. The van der Waals surface area contributed by atoms with Gasteiger partial charge in [0.25, 0.3) is 5.91 Å². The Morgan fingerprint density at radius 1 is 1.14 bits per heavy atom. The largest absolute Gasteiger partial charge is 0.504 e. The van der Waals surface area contributed by atoms with E-state index < -0.39 is 0 Å². The van der Waals surface area contributed by atoms with E-state index in [1.54, 1.807) is 18.5 Å². The highest BCUT2D eigenvalue weighted by atomic mass is 32.2. The number of benzene rings is 2. The highest BCUT2D eigenvalue weighted by molar-refractivity contribution is 7.99. The quantitative estimate of drug-likeness (QED) is 0.141. The van der Waals surface area contributed by atoms with Gasteiger partial charge in [0, 0.05) is 23.6 Å². The summed E-state index contributed by atoms with van der Waals surface area (Å²) in [5.41, 5.74) is 4.55. The van der Waals surface area contributed by atoms with Crippen molar-refractivity contribution in [2.75, 3.05) is 12.4 Å². The van der Waals surface area contributed by atoms with Crippen molar-refractivity contribution in [2.45, 2.75) is 12.1 Å². The number of nitrogens with one attached hydrogen (secondary N) is 1. The maximum Gasteiger partial charge on any atom is 0.250 e. The molecular weight excluding hydrogens is 468 g/mol. The van der Waals surface area contributed by atoms with E-state index in [1.807, 2.05) is 47.9 Å². The van der Waals surface area contributed by atoms with Gasteiger partial charge in [0.1, 0.15) is 5.75 Å². The number of aromatic hydroxyl groups is 2. The monoisotopic (exact) mass is 490 g/mol. The highest BCUT2D eigenvalue weighted by Gasteiger charge is 2.17. The standard InChI is InChI=1S/C24H22N6O4S/c1-2-34-19-8-6-18(7-9-19)30-23(17-4-3-11-25-14-17)28-29-24(30)35-15-22(33)27-26-13-16-5-10-20(31)21(32)12-16/h3-14,31-32H,2,15H2,1H3,(H,27,33)/b26-13-. The summed E-state index contributed by atoms with van der Waals surface area (Å²) in [5, 5.41) is 31.9. The number of phenolic OH excluding ortho intramolecular Hbond substituents is 2. The van der Waals surface area contributed by atoms with Crippen molar-refractivity contribution in [1.29, 1.82) is 0 Å². The first-order chi connectivity index (χ1) is 17.0. The Kier molecular flexibility index (Phi) is 7.58. The number of carbonyl (C=O) groups is 1. The van der Waals surface area contributed by atoms with Crippen LogP contribution in [-0.2, 0) is 4.79 Å². The minimum atomic E-state index is -0.349. The summed E-state index contributed by atoms with van der Waals surface area (Å²) in [6.07, 6.45) is 4.75. The van der Waals surface area contributed by atoms with E-state index in [-0.39, 0.29) is 23.2 Å². The van der Waals surface area contributed by atoms with Crippen molar-refractivity contribution < 1.29 is 19.7 Å². The lowest BCUT2D eigenvalue weighted by Gasteiger charge is -2.11. The molecule has 0 saturated heterocycles. The third-order valence-corrected chi connectivity index (χ3v) is 5.62.